The molecule has 6 heteroatoms. The average Bonchev–Trinajstić information content (AvgIpc) is 2.18. The number of amides is 1. The van der Waals surface area contributed by atoms with Crippen LogP contribution in [0.2, 0.25) is 0 Å². The van der Waals surface area contributed by atoms with Gasteiger partial charge in [-0.05, 0) is 13.8 Å². The number of carbonyl (C=O) groups is 2. The molecule has 0 aromatic heterocycles. The summed E-state index contributed by atoms with van der Waals surface area (Å²) >= 11 is 0. The van der Waals surface area contributed by atoms with Crippen molar-refractivity contribution in [1.29, 1.82) is 0 Å². The average molecular weight is 232 g/mol. The predicted molar refractivity (Wildman–Crippen MR) is 59.0 cm³/mol. The van der Waals surface area contributed by atoms with Gasteiger partial charge in [0.15, 0.2) is 0 Å². The zero-order valence-corrected chi connectivity index (χ0v) is 9.97. The Morgan fingerprint density at radius 1 is 1.44 bits per heavy atom. The molecule has 0 aromatic carbocycles. The van der Waals surface area contributed by atoms with Gasteiger partial charge in [-0.2, -0.15) is 0 Å². The zero-order chi connectivity index (χ0) is 12.7. The van der Waals surface area contributed by atoms with Crippen LogP contribution in [0.15, 0.2) is 0 Å². The minimum absolute atomic E-state index is 0.0731. The maximum Gasteiger partial charge on any atom is 0.305 e. The number of aliphatic carboxylic acids is 1. The van der Waals surface area contributed by atoms with Gasteiger partial charge in [-0.25, -0.2) is 0 Å². The molecule has 0 fully saturated rings. The summed E-state index contributed by atoms with van der Waals surface area (Å²) in [5.41, 5.74) is 5.39. The molecule has 0 bridgehead atoms. The molecule has 0 aliphatic rings. The molecule has 3 N–H and O–H groups in total. The second-order valence-electron chi connectivity index (χ2n) is 3.73. The zero-order valence-electron chi connectivity index (χ0n) is 9.97. The SMILES string of the molecule is COC(CN)C(=O)N(CCC(=O)O)C(C)C. The summed E-state index contributed by atoms with van der Waals surface area (Å²) in [5.74, 6) is -1.19. The molecule has 1 atom stereocenters. The summed E-state index contributed by atoms with van der Waals surface area (Å²) in [6.45, 7) is 3.91. The van der Waals surface area contributed by atoms with Gasteiger partial charge in [0.25, 0.3) is 5.91 Å². The summed E-state index contributed by atoms with van der Waals surface area (Å²) in [4.78, 5) is 23.8. The molecule has 0 radical (unpaired) electrons. The standard InChI is InChI=1S/C10H20N2O4/c1-7(2)12(5-4-9(13)14)10(15)8(6-11)16-3/h7-8H,4-6,11H2,1-3H3,(H,13,14). The summed E-state index contributed by atoms with van der Waals surface area (Å²) in [6, 6.07) is -0.0731. The Labute approximate surface area is 95.4 Å². The summed E-state index contributed by atoms with van der Waals surface area (Å²) in [6.07, 6.45) is -0.776. The highest BCUT2D eigenvalue weighted by atomic mass is 16.5. The fraction of sp³-hybridized carbons (Fsp3) is 0.800. The minimum Gasteiger partial charge on any atom is -0.481 e. The van der Waals surface area contributed by atoms with E-state index < -0.39 is 12.1 Å². The number of carboxylic acids is 1. The van der Waals surface area contributed by atoms with Crippen LogP contribution in [-0.2, 0) is 14.3 Å². The lowest BCUT2D eigenvalue weighted by Crippen LogP contribution is -2.47. The molecule has 0 aliphatic heterocycles. The van der Waals surface area contributed by atoms with Crippen molar-refractivity contribution < 1.29 is 19.4 Å². The van der Waals surface area contributed by atoms with Crippen LogP contribution in [0.1, 0.15) is 20.3 Å². The topological polar surface area (TPSA) is 92.9 Å². The van der Waals surface area contributed by atoms with Crippen LogP contribution in [0, 0.1) is 0 Å². The monoisotopic (exact) mass is 232 g/mol. The number of nitrogens with two attached hydrogens (primary N) is 1. The maximum atomic E-state index is 11.9. The highest BCUT2D eigenvalue weighted by Crippen LogP contribution is 2.05. The van der Waals surface area contributed by atoms with Gasteiger partial charge >= 0.3 is 5.97 Å². The molecule has 0 saturated heterocycles. The van der Waals surface area contributed by atoms with E-state index in [4.69, 9.17) is 15.6 Å². The van der Waals surface area contributed by atoms with E-state index in [0.29, 0.717) is 0 Å². The number of hydrogen-bond donors (Lipinski definition) is 2. The van der Waals surface area contributed by atoms with Crippen LogP contribution in [0.5, 0.6) is 0 Å². The first-order chi connectivity index (χ1) is 7.43. The molecule has 0 heterocycles. The fourth-order valence-corrected chi connectivity index (χ4v) is 1.32. The second kappa shape index (κ2) is 7.19. The molecule has 16 heavy (non-hydrogen) atoms. The third-order valence-electron chi connectivity index (χ3n) is 2.25. The number of rotatable bonds is 7. The normalized spacial score (nSPS) is 12.6. The van der Waals surface area contributed by atoms with Crippen molar-refractivity contribution in [2.75, 3.05) is 20.2 Å². The Bertz CT molecular complexity index is 239. The van der Waals surface area contributed by atoms with Crippen molar-refractivity contribution in [2.24, 2.45) is 5.73 Å². The summed E-state index contributed by atoms with van der Waals surface area (Å²) < 4.78 is 4.94. The summed E-state index contributed by atoms with van der Waals surface area (Å²) in [7, 11) is 1.41. The van der Waals surface area contributed by atoms with Crippen molar-refractivity contribution in [1.82, 2.24) is 4.90 Å². The molecule has 94 valence electrons. The van der Waals surface area contributed by atoms with Crippen molar-refractivity contribution in [3.05, 3.63) is 0 Å². The van der Waals surface area contributed by atoms with Crippen LogP contribution < -0.4 is 5.73 Å². The van der Waals surface area contributed by atoms with E-state index in [1.54, 1.807) is 0 Å². The van der Waals surface area contributed by atoms with Crippen LogP contribution in [0.4, 0.5) is 0 Å². The minimum atomic E-state index is -0.930. The van der Waals surface area contributed by atoms with Gasteiger partial charge in [0.05, 0.1) is 6.42 Å². The maximum absolute atomic E-state index is 11.9. The molecule has 0 spiro atoms. The number of hydrogen-bond acceptors (Lipinski definition) is 4. The highest BCUT2D eigenvalue weighted by molar-refractivity contribution is 5.82. The highest BCUT2D eigenvalue weighted by Gasteiger charge is 2.25. The number of nitrogens with zero attached hydrogens (tertiary/aromatic N) is 1. The van der Waals surface area contributed by atoms with Gasteiger partial charge in [-0.1, -0.05) is 0 Å². The van der Waals surface area contributed by atoms with E-state index in [2.05, 4.69) is 0 Å². The third kappa shape index (κ3) is 4.59. The van der Waals surface area contributed by atoms with Gasteiger partial charge < -0.3 is 20.5 Å². The van der Waals surface area contributed by atoms with Crippen molar-refractivity contribution >= 4 is 11.9 Å². The first-order valence-corrected chi connectivity index (χ1v) is 5.19. The number of methoxy groups -OCH3 is 1. The van der Waals surface area contributed by atoms with Gasteiger partial charge in [-0.3, -0.25) is 9.59 Å². The van der Waals surface area contributed by atoms with Crippen LogP contribution >= 0.6 is 0 Å². The van der Waals surface area contributed by atoms with Crippen LogP contribution in [0.25, 0.3) is 0 Å². The van der Waals surface area contributed by atoms with Crippen molar-refractivity contribution in [3.8, 4) is 0 Å². The molecule has 0 aromatic rings. The van der Waals surface area contributed by atoms with Gasteiger partial charge in [0, 0.05) is 26.2 Å². The second-order valence-corrected chi connectivity index (χ2v) is 3.73. The Balaban J connectivity index is 4.51. The number of carboxylic acid groups (broad SMARTS) is 1. The Morgan fingerprint density at radius 2 is 2.00 bits per heavy atom. The molecule has 1 unspecified atom stereocenters. The first-order valence-electron chi connectivity index (χ1n) is 5.19. The number of ether oxygens (including phenoxy) is 1. The summed E-state index contributed by atoms with van der Waals surface area (Å²) in [5, 5.41) is 8.59. The van der Waals surface area contributed by atoms with Gasteiger partial charge in [0.1, 0.15) is 6.10 Å². The largest absolute Gasteiger partial charge is 0.481 e. The van der Waals surface area contributed by atoms with E-state index in [1.807, 2.05) is 13.8 Å². The Morgan fingerprint density at radius 3 is 2.31 bits per heavy atom. The lowest BCUT2D eigenvalue weighted by Gasteiger charge is -2.29. The van der Waals surface area contributed by atoms with E-state index in [-0.39, 0.29) is 31.5 Å². The van der Waals surface area contributed by atoms with E-state index in [0.717, 1.165) is 0 Å². The molecule has 1 amide bonds. The molecule has 0 aliphatic carbocycles. The molecule has 0 saturated carbocycles. The van der Waals surface area contributed by atoms with Crippen molar-refractivity contribution in [3.63, 3.8) is 0 Å². The fourth-order valence-electron chi connectivity index (χ4n) is 1.32. The smallest absolute Gasteiger partial charge is 0.305 e. The quantitative estimate of drug-likeness (QED) is 0.627. The number of carbonyl (C=O) groups excluding carboxylic acids is 1. The van der Waals surface area contributed by atoms with Gasteiger partial charge in [0.2, 0.25) is 0 Å². The van der Waals surface area contributed by atoms with E-state index in [1.165, 1.54) is 12.0 Å². The Kier molecular flexibility index (Phi) is 6.67. The Hall–Kier alpha value is -1.14. The lowest BCUT2D eigenvalue weighted by molar-refractivity contribution is -0.144. The predicted octanol–water partition coefficient (Wildman–Crippen LogP) is -0.328. The van der Waals surface area contributed by atoms with Crippen molar-refractivity contribution in [2.45, 2.75) is 32.4 Å². The first kappa shape index (κ1) is 14.9. The molecule has 0 rings (SSSR count). The molecular weight excluding hydrogens is 212 g/mol. The lowest BCUT2D eigenvalue weighted by atomic mass is 10.2. The van der Waals surface area contributed by atoms with E-state index >= 15 is 0 Å². The third-order valence-corrected chi connectivity index (χ3v) is 2.25. The molecule has 6 nitrogen and oxygen atoms in total. The van der Waals surface area contributed by atoms with Crippen LogP contribution in [0.3, 0.4) is 0 Å². The molecular formula is C10H20N2O4. The van der Waals surface area contributed by atoms with Gasteiger partial charge in [-0.15, -0.1) is 0 Å². The van der Waals surface area contributed by atoms with E-state index in [9.17, 15) is 9.59 Å². The van der Waals surface area contributed by atoms with Crippen LogP contribution in [-0.4, -0.2) is 54.2 Å².